The largest absolute Gasteiger partial charge is 0.542 e. The number of likely N-dealkylation sites (tertiary alicyclic amines) is 1. The summed E-state index contributed by atoms with van der Waals surface area (Å²) in [4.78, 5) is 17.2. The lowest BCUT2D eigenvalue weighted by Crippen LogP contribution is -2.43. The number of hydrogen-bond acceptors (Lipinski definition) is 4. The molecule has 1 amide bonds. The fraction of sp³-hybridized carbons (Fsp3) is 0.500. The van der Waals surface area contributed by atoms with Gasteiger partial charge in [-0.1, -0.05) is 20.8 Å². The van der Waals surface area contributed by atoms with Crippen LogP contribution in [0.4, 0.5) is 10.5 Å². The molecule has 7 heteroatoms. The third-order valence-electron chi connectivity index (χ3n) is 5.72. The highest BCUT2D eigenvalue weighted by molar-refractivity contribution is 6.74. The SMILES string of the molecule is CC(C)(C)[Si](C)(C)Oc1ccc(N[C@H]2CCN(C(=O)O)C2)c2cccnc12. The van der Waals surface area contributed by atoms with Gasteiger partial charge in [-0.3, -0.25) is 4.98 Å². The molecule has 1 aromatic heterocycles. The van der Waals surface area contributed by atoms with Crippen molar-refractivity contribution < 1.29 is 14.3 Å². The Morgan fingerprint density at radius 2 is 2.07 bits per heavy atom. The molecule has 2 N–H and O–H groups in total. The molecule has 0 saturated carbocycles. The van der Waals surface area contributed by atoms with Crippen molar-refractivity contribution in [1.29, 1.82) is 0 Å². The number of rotatable bonds is 4. The standard InChI is InChI=1S/C20H29N3O3Si/c1-20(2,3)27(4,5)26-17-9-8-16(15-7-6-11-21-18(15)17)22-14-10-12-23(13-14)19(24)25/h6-9,11,14,22H,10,12-13H2,1-5H3,(H,24,25)/t14-/m0/s1. The summed E-state index contributed by atoms with van der Waals surface area (Å²) in [5.74, 6) is 0.821. The summed E-state index contributed by atoms with van der Waals surface area (Å²) < 4.78 is 6.52. The van der Waals surface area contributed by atoms with E-state index in [0.717, 1.165) is 28.8 Å². The number of nitrogens with one attached hydrogen (secondary N) is 1. The first-order valence-corrected chi connectivity index (χ1v) is 12.3. The number of anilines is 1. The van der Waals surface area contributed by atoms with Crippen LogP contribution in [0.1, 0.15) is 27.2 Å². The number of nitrogens with zero attached hydrogens (tertiary/aromatic N) is 2. The van der Waals surface area contributed by atoms with E-state index >= 15 is 0 Å². The Labute approximate surface area is 161 Å². The molecule has 0 aliphatic carbocycles. The Balaban J connectivity index is 1.89. The minimum absolute atomic E-state index is 0.106. The zero-order chi connectivity index (χ0) is 19.8. The van der Waals surface area contributed by atoms with Crippen LogP contribution in [0.25, 0.3) is 10.9 Å². The fourth-order valence-electron chi connectivity index (χ4n) is 3.05. The van der Waals surface area contributed by atoms with Crippen LogP contribution in [-0.4, -0.2) is 48.5 Å². The van der Waals surface area contributed by atoms with Gasteiger partial charge in [0.1, 0.15) is 11.3 Å². The van der Waals surface area contributed by atoms with E-state index in [4.69, 9.17) is 9.53 Å². The first-order valence-electron chi connectivity index (χ1n) is 9.40. The first-order chi connectivity index (χ1) is 12.6. The van der Waals surface area contributed by atoms with Crippen molar-refractivity contribution in [1.82, 2.24) is 9.88 Å². The molecule has 27 heavy (non-hydrogen) atoms. The highest BCUT2D eigenvalue weighted by Gasteiger charge is 2.39. The summed E-state index contributed by atoms with van der Waals surface area (Å²) >= 11 is 0. The molecule has 2 heterocycles. The lowest BCUT2D eigenvalue weighted by atomic mass is 10.1. The van der Waals surface area contributed by atoms with Gasteiger partial charge in [0.15, 0.2) is 0 Å². The third kappa shape index (κ3) is 4.02. The fourth-order valence-corrected chi connectivity index (χ4v) is 4.08. The number of benzene rings is 1. The maximum absolute atomic E-state index is 11.1. The second-order valence-corrected chi connectivity index (χ2v) is 13.5. The number of fused-ring (bicyclic) bond motifs is 1. The normalized spacial score (nSPS) is 18.0. The number of aromatic nitrogens is 1. The lowest BCUT2D eigenvalue weighted by Gasteiger charge is -2.36. The van der Waals surface area contributed by atoms with Crippen molar-refractivity contribution in [2.75, 3.05) is 18.4 Å². The van der Waals surface area contributed by atoms with E-state index in [0.29, 0.717) is 13.1 Å². The molecule has 1 aromatic carbocycles. The molecule has 6 nitrogen and oxygen atoms in total. The van der Waals surface area contributed by atoms with E-state index in [1.807, 2.05) is 24.3 Å². The van der Waals surface area contributed by atoms with Crippen LogP contribution < -0.4 is 9.74 Å². The van der Waals surface area contributed by atoms with Crippen molar-refractivity contribution in [2.45, 2.75) is 51.4 Å². The van der Waals surface area contributed by atoms with E-state index < -0.39 is 14.4 Å². The monoisotopic (exact) mass is 387 g/mol. The minimum atomic E-state index is -1.97. The molecule has 1 fully saturated rings. The van der Waals surface area contributed by atoms with Gasteiger partial charge < -0.3 is 19.7 Å². The van der Waals surface area contributed by atoms with Gasteiger partial charge >= 0.3 is 6.09 Å². The maximum Gasteiger partial charge on any atom is 0.407 e. The number of hydrogen-bond donors (Lipinski definition) is 2. The van der Waals surface area contributed by atoms with Gasteiger partial charge in [-0.15, -0.1) is 0 Å². The van der Waals surface area contributed by atoms with E-state index in [2.05, 4.69) is 44.2 Å². The molecule has 0 spiro atoms. The molecule has 0 radical (unpaired) electrons. The van der Waals surface area contributed by atoms with Gasteiger partial charge in [-0.25, -0.2) is 4.79 Å². The quantitative estimate of drug-likeness (QED) is 0.738. The van der Waals surface area contributed by atoms with E-state index in [9.17, 15) is 4.79 Å². The molecule has 1 saturated heterocycles. The highest BCUT2D eigenvalue weighted by atomic mass is 28.4. The zero-order valence-corrected chi connectivity index (χ0v) is 17.7. The van der Waals surface area contributed by atoms with Crippen molar-refractivity contribution in [3.63, 3.8) is 0 Å². The van der Waals surface area contributed by atoms with Crippen LogP contribution in [-0.2, 0) is 0 Å². The van der Waals surface area contributed by atoms with Gasteiger partial charge in [0.25, 0.3) is 8.32 Å². The van der Waals surface area contributed by atoms with Crippen LogP contribution in [0.5, 0.6) is 5.75 Å². The lowest BCUT2D eigenvalue weighted by molar-refractivity contribution is 0.155. The average molecular weight is 388 g/mol. The van der Waals surface area contributed by atoms with Crippen LogP contribution >= 0.6 is 0 Å². The van der Waals surface area contributed by atoms with E-state index in [-0.39, 0.29) is 11.1 Å². The highest BCUT2D eigenvalue weighted by Crippen LogP contribution is 2.40. The molecule has 146 valence electrons. The van der Waals surface area contributed by atoms with E-state index in [1.165, 1.54) is 4.90 Å². The Kier molecular flexibility index (Phi) is 5.07. The van der Waals surface area contributed by atoms with Crippen LogP contribution in [0, 0.1) is 0 Å². The van der Waals surface area contributed by atoms with Crippen LogP contribution in [0.3, 0.4) is 0 Å². The Morgan fingerprint density at radius 1 is 1.33 bits per heavy atom. The molecule has 1 atom stereocenters. The number of carboxylic acid groups (broad SMARTS) is 1. The van der Waals surface area contributed by atoms with E-state index in [1.54, 1.807) is 6.20 Å². The van der Waals surface area contributed by atoms with Crippen molar-refractivity contribution in [3.05, 3.63) is 30.5 Å². The summed E-state index contributed by atoms with van der Waals surface area (Å²) in [6.45, 7) is 12.2. The van der Waals surface area contributed by atoms with Crippen LogP contribution in [0.2, 0.25) is 18.1 Å². The minimum Gasteiger partial charge on any atom is -0.542 e. The van der Waals surface area contributed by atoms with Gasteiger partial charge in [0, 0.05) is 36.4 Å². The second-order valence-electron chi connectivity index (χ2n) is 8.73. The predicted molar refractivity (Wildman–Crippen MR) is 111 cm³/mol. The van der Waals surface area contributed by atoms with Gasteiger partial charge in [-0.2, -0.15) is 0 Å². The topological polar surface area (TPSA) is 74.7 Å². The average Bonchev–Trinajstić information content (AvgIpc) is 3.05. The maximum atomic E-state index is 11.1. The molecule has 2 aromatic rings. The number of pyridine rings is 1. The Hall–Kier alpha value is -2.28. The summed E-state index contributed by atoms with van der Waals surface area (Å²) in [6, 6.07) is 8.07. The molecular formula is C20H29N3O3Si. The van der Waals surface area contributed by atoms with Crippen molar-refractivity contribution >= 4 is 31.0 Å². The van der Waals surface area contributed by atoms with Gasteiger partial charge in [0.2, 0.25) is 0 Å². The van der Waals surface area contributed by atoms with Crippen LogP contribution in [0.15, 0.2) is 30.5 Å². The zero-order valence-electron chi connectivity index (χ0n) is 16.7. The molecule has 3 rings (SSSR count). The molecular weight excluding hydrogens is 358 g/mol. The molecule has 1 aliphatic rings. The van der Waals surface area contributed by atoms with Crippen molar-refractivity contribution in [2.24, 2.45) is 0 Å². The van der Waals surface area contributed by atoms with Gasteiger partial charge in [0.05, 0.1) is 0 Å². The number of amides is 1. The smallest absolute Gasteiger partial charge is 0.407 e. The molecule has 0 bridgehead atoms. The number of carbonyl (C=O) groups is 1. The summed E-state index contributed by atoms with van der Waals surface area (Å²) in [6.07, 6.45) is 1.73. The predicted octanol–water partition coefficient (Wildman–Crippen LogP) is 4.78. The summed E-state index contributed by atoms with van der Waals surface area (Å²) in [5.41, 5.74) is 1.82. The van der Waals surface area contributed by atoms with Gasteiger partial charge in [-0.05, 0) is 48.8 Å². The summed E-state index contributed by atoms with van der Waals surface area (Å²) in [7, 11) is -1.97. The summed E-state index contributed by atoms with van der Waals surface area (Å²) in [5, 5.41) is 13.8. The Bertz CT molecular complexity index is 848. The molecule has 1 aliphatic heterocycles. The van der Waals surface area contributed by atoms with Crippen molar-refractivity contribution in [3.8, 4) is 5.75 Å². The third-order valence-corrected chi connectivity index (χ3v) is 10.1. The first kappa shape index (κ1) is 19.5. The second kappa shape index (κ2) is 7.03. The Morgan fingerprint density at radius 3 is 2.70 bits per heavy atom. The molecule has 0 unspecified atom stereocenters.